The predicted octanol–water partition coefficient (Wildman–Crippen LogP) is -5.56. The quantitative estimate of drug-likeness (QED) is 0.0169. The summed E-state index contributed by atoms with van der Waals surface area (Å²) in [6, 6.07) is -1.70. The van der Waals surface area contributed by atoms with Crippen molar-refractivity contribution >= 4 is 59.2 Å². The Hall–Kier alpha value is -6.84. The van der Waals surface area contributed by atoms with Gasteiger partial charge in [-0.2, -0.15) is 0 Å². The summed E-state index contributed by atoms with van der Waals surface area (Å²) < 4.78 is 0. The normalized spacial score (nSPS) is 13.4. The van der Waals surface area contributed by atoms with Gasteiger partial charge in [-0.3, -0.25) is 48.3 Å². The lowest BCUT2D eigenvalue weighted by atomic mass is 10.0. The highest BCUT2D eigenvalue weighted by molar-refractivity contribution is 5.97. The zero-order valence-electron chi connectivity index (χ0n) is 42.0. The molecule has 0 unspecified atom stereocenters. The zero-order chi connectivity index (χ0) is 54.3. The van der Waals surface area contributed by atoms with Crippen LogP contribution in [-0.2, 0) is 44.8 Å². The molecule has 0 spiro atoms. The fourth-order valence-corrected chi connectivity index (χ4v) is 7.16. The standard InChI is InChI=1S/C45H82N18O9/c1-4-8-31(58-39(68)32(10-6-20-56-45(53)54)57-37(66)26-62(21-7-17-46)42(71)30(49)9-5-19-55-44(51)52)38(67)60-34(23-28-12-14-29(64)15-13-28)40(69)61-35(24-48)41(70)59-33(16-11-27(2)3)43(72)63(22-18-47)25-36(50)65/h12-15,27,30-35,64H,4-11,16-26,46-49H2,1-3H3,(H2,50,65)(H,57,66)(H,58,68)(H,59,70)(H,60,67)(H,61,69)(H4,51,52,55)(H4,53,54,56)/t30-,31-,32-,33-,34-,35-/m0/s1. The van der Waals surface area contributed by atoms with Crippen LogP contribution in [0.4, 0.5) is 0 Å². The van der Waals surface area contributed by atoms with Crippen LogP contribution in [0.25, 0.3) is 0 Å². The highest BCUT2D eigenvalue weighted by atomic mass is 16.3. The van der Waals surface area contributed by atoms with E-state index in [1.807, 2.05) is 13.8 Å². The van der Waals surface area contributed by atoms with Crippen molar-refractivity contribution in [3.63, 3.8) is 0 Å². The van der Waals surface area contributed by atoms with E-state index >= 15 is 0 Å². The molecular weight excluding hydrogens is 937 g/mol. The van der Waals surface area contributed by atoms with Gasteiger partial charge in [0.25, 0.3) is 0 Å². The molecule has 0 radical (unpaired) electrons. The van der Waals surface area contributed by atoms with Crippen LogP contribution in [-0.4, -0.2) is 169 Å². The Morgan fingerprint density at radius 2 is 1.10 bits per heavy atom. The number of amides is 8. The molecule has 24 N–H and O–H groups in total. The minimum atomic E-state index is -1.42. The Morgan fingerprint density at radius 3 is 1.62 bits per heavy atom. The van der Waals surface area contributed by atoms with E-state index in [2.05, 4.69) is 36.6 Å². The van der Waals surface area contributed by atoms with Gasteiger partial charge < -0.3 is 93.1 Å². The summed E-state index contributed by atoms with van der Waals surface area (Å²) in [5.74, 6) is -6.16. The highest BCUT2D eigenvalue weighted by Gasteiger charge is 2.34. The molecule has 406 valence electrons. The van der Waals surface area contributed by atoms with Gasteiger partial charge in [-0.15, -0.1) is 0 Å². The molecule has 1 aromatic carbocycles. The van der Waals surface area contributed by atoms with Crippen molar-refractivity contribution in [1.29, 1.82) is 0 Å². The van der Waals surface area contributed by atoms with Gasteiger partial charge >= 0.3 is 0 Å². The largest absolute Gasteiger partial charge is 0.508 e. The number of phenols is 1. The fourth-order valence-electron chi connectivity index (χ4n) is 7.16. The molecular formula is C45H82N18O9. The molecule has 8 amide bonds. The Balaban J connectivity index is 3.48. The molecule has 0 saturated carbocycles. The maximum atomic E-state index is 14.2. The van der Waals surface area contributed by atoms with Crippen LogP contribution >= 0.6 is 0 Å². The van der Waals surface area contributed by atoms with E-state index in [1.54, 1.807) is 6.92 Å². The first-order chi connectivity index (χ1) is 34.1. The first-order valence-electron chi connectivity index (χ1n) is 24.2. The first-order valence-corrected chi connectivity index (χ1v) is 24.2. The second-order valence-electron chi connectivity index (χ2n) is 17.7. The van der Waals surface area contributed by atoms with Crippen LogP contribution in [0.2, 0.25) is 0 Å². The van der Waals surface area contributed by atoms with Crippen LogP contribution in [0.5, 0.6) is 5.75 Å². The number of phenolic OH excluding ortho intramolecular Hbond substituents is 1. The van der Waals surface area contributed by atoms with Crippen molar-refractivity contribution in [1.82, 2.24) is 36.4 Å². The van der Waals surface area contributed by atoms with Gasteiger partial charge in [0.15, 0.2) is 11.9 Å². The number of carbonyl (C=O) groups is 8. The van der Waals surface area contributed by atoms with Crippen LogP contribution in [0.15, 0.2) is 34.3 Å². The molecule has 1 rings (SSSR count). The van der Waals surface area contributed by atoms with E-state index in [9.17, 15) is 43.5 Å². The first kappa shape index (κ1) is 63.2. The third-order valence-electron chi connectivity index (χ3n) is 11.0. The number of nitrogens with one attached hydrogen (secondary N) is 5. The molecule has 0 bridgehead atoms. The molecule has 0 aliphatic heterocycles. The molecule has 0 heterocycles. The van der Waals surface area contributed by atoms with Gasteiger partial charge in [-0.05, 0) is 81.5 Å². The van der Waals surface area contributed by atoms with Crippen molar-refractivity contribution < 1.29 is 43.5 Å². The van der Waals surface area contributed by atoms with Crippen LogP contribution < -0.4 is 78.2 Å². The van der Waals surface area contributed by atoms with Crippen molar-refractivity contribution in [2.45, 2.75) is 121 Å². The summed E-state index contributed by atoms with van der Waals surface area (Å²) in [5, 5.41) is 23.2. The number of hydrogen-bond acceptors (Lipinski definition) is 15. The predicted molar refractivity (Wildman–Crippen MR) is 272 cm³/mol. The molecule has 0 aromatic heterocycles. The molecule has 1 aromatic rings. The molecule has 0 saturated heterocycles. The lowest BCUT2D eigenvalue weighted by Crippen LogP contribution is -2.61. The van der Waals surface area contributed by atoms with Gasteiger partial charge in [0.1, 0.15) is 36.0 Å². The van der Waals surface area contributed by atoms with E-state index < -0.39 is 103 Å². The van der Waals surface area contributed by atoms with Crippen LogP contribution in [0, 0.1) is 5.92 Å². The summed E-state index contributed by atoms with van der Waals surface area (Å²) in [4.78, 5) is 119. The van der Waals surface area contributed by atoms with Crippen molar-refractivity contribution in [2.24, 2.45) is 67.5 Å². The molecule has 0 fully saturated rings. The van der Waals surface area contributed by atoms with Gasteiger partial charge in [-0.25, -0.2) is 0 Å². The number of benzene rings is 1. The summed E-state index contributed by atoms with van der Waals surface area (Å²) in [6.45, 7) is 4.86. The average molecular weight is 1020 g/mol. The van der Waals surface area contributed by atoms with Crippen molar-refractivity contribution in [2.75, 3.05) is 58.9 Å². The number of rotatable bonds is 36. The van der Waals surface area contributed by atoms with E-state index in [0.29, 0.717) is 31.2 Å². The van der Waals surface area contributed by atoms with Crippen LogP contribution in [0.3, 0.4) is 0 Å². The number of guanidine groups is 2. The minimum absolute atomic E-state index is 0.00951. The van der Waals surface area contributed by atoms with Crippen LogP contribution in [0.1, 0.15) is 84.1 Å². The van der Waals surface area contributed by atoms with Gasteiger partial charge in [0.05, 0.1) is 19.1 Å². The highest BCUT2D eigenvalue weighted by Crippen LogP contribution is 2.14. The summed E-state index contributed by atoms with van der Waals surface area (Å²) in [6.07, 6.45) is 2.08. The number of primary amides is 1. The third kappa shape index (κ3) is 25.3. The van der Waals surface area contributed by atoms with Gasteiger partial charge in [0, 0.05) is 45.7 Å². The zero-order valence-corrected chi connectivity index (χ0v) is 42.0. The maximum Gasteiger partial charge on any atom is 0.245 e. The summed E-state index contributed by atoms with van der Waals surface area (Å²) >= 11 is 0. The number of hydrogen-bond donors (Lipinski definition) is 15. The molecule has 0 aliphatic rings. The lowest BCUT2D eigenvalue weighted by Gasteiger charge is -2.29. The average Bonchev–Trinajstić information content (AvgIpc) is 3.32. The summed E-state index contributed by atoms with van der Waals surface area (Å²) in [5.41, 5.74) is 51.2. The molecule has 27 heteroatoms. The third-order valence-corrected chi connectivity index (χ3v) is 11.0. The van der Waals surface area contributed by atoms with E-state index in [4.69, 9.17) is 51.6 Å². The number of aromatic hydroxyl groups is 1. The number of aliphatic imine (C=N–C) groups is 2. The molecule has 72 heavy (non-hydrogen) atoms. The second kappa shape index (κ2) is 34.5. The van der Waals surface area contributed by atoms with E-state index in [0.717, 1.165) is 4.90 Å². The van der Waals surface area contributed by atoms with Gasteiger partial charge in [-0.1, -0.05) is 39.3 Å². The second-order valence-corrected chi connectivity index (χ2v) is 17.7. The Kier molecular flexibility index (Phi) is 30.3. The molecule has 27 nitrogen and oxygen atoms in total. The number of nitrogens with zero attached hydrogens (tertiary/aromatic N) is 4. The van der Waals surface area contributed by atoms with E-state index in [1.165, 1.54) is 29.2 Å². The van der Waals surface area contributed by atoms with Gasteiger partial charge in [0.2, 0.25) is 47.3 Å². The number of nitrogens with two attached hydrogens (primary N) is 9. The summed E-state index contributed by atoms with van der Waals surface area (Å²) in [7, 11) is 0. The number of carbonyl (C=O) groups excluding carboxylic acids is 8. The SMILES string of the molecule is CCC[C@H](NC(=O)[C@H](CCCN=C(N)N)NC(=O)CN(CCCN)C(=O)[C@@H](N)CCCN=C(N)N)C(=O)N[C@@H](Cc1ccc(O)cc1)C(=O)N[C@@H](CN)C(=O)N[C@@H](CCC(C)C)C(=O)N(CCN)CC(N)=O. The van der Waals surface area contributed by atoms with E-state index in [-0.39, 0.29) is 101 Å². The monoisotopic (exact) mass is 1020 g/mol. The Morgan fingerprint density at radius 1 is 0.583 bits per heavy atom. The lowest BCUT2D eigenvalue weighted by molar-refractivity contribution is -0.139. The Labute approximate surface area is 421 Å². The Bertz CT molecular complexity index is 1950. The molecule has 0 aliphatic carbocycles. The maximum absolute atomic E-state index is 14.2. The molecule has 6 atom stereocenters. The van der Waals surface area contributed by atoms with Crippen molar-refractivity contribution in [3.05, 3.63) is 29.8 Å². The smallest absolute Gasteiger partial charge is 0.245 e. The van der Waals surface area contributed by atoms with Crippen molar-refractivity contribution in [3.8, 4) is 5.75 Å². The minimum Gasteiger partial charge on any atom is -0.508 e. The fraction of sp³-hybridized carbons (Fsp3) is 0.644. The topological polar surface area (TPSA) is 482 Å².